The summed E-state index contributed by atoms with van der Waals surface area (Å²) >= 11 is 0. The van der Waals surface area contributed by atoms with Gasteiger partial charge >= 0.3 is 0 Å². The number of rotatable bonds is 5. The topological polar surface area (TPSA) is 41.6 Å². The lowest BCUT2D eigenvalue weighted by molar-refractivity contribution is 0.0602. The molecule has 2 aliphatic heterocycles. The first-order valence-electron chi connectivity index (χ1n) is 8.93. The fourth-order valence-electron chi connectivity index (χ4n) is 3.80. The highest BCUT2D eigenvalue weighted by Crippen LogP contribution is 2.34. The third kappa shape index (κ3) is 3.23. The molecular weight excluding hydrogens is 288 g/mol. The highest BCUT2D eigenvalue weighted by Gasteiger charge is 2.38. The fraction of sp³-hybridized carbons (Fsp3) is 0.632. The van der Waals surface area contributed by atoms with E-state index in [0.717, 1.165) is 49.2 Å². The number of carbonyl (C=O) groups is 1. The Bertz CT molecular complexity index is 572. The summed E-state index contributed by atoms with van der Waals surface area (Å²) in [5.41, 5.74) is 1.89. The molecule has 1 N–H and O–H groups in total. The number of hydrogen-bond donors (Lipinski definition) is 1. The Kier molecular flexibility index (Phi) is 4.90. The molecular formula is C19H28N2O2. The van der Waals surface area contributed by atoms with Gasteiger partial charge in [-0.15, -0.1) is 0 Å². The number of hydrogen-bond acceptors (Lipinski definition) is 3. The van der Waals surface area contributed by atoms with Crippen molar-refractivity contribution in [1.82, 2.24) is 10.2 Å². The standard InChI is InChI=1S/C19H28N2O2/c1-4-5-11-23-18-8-6-7-15-16(18)12-21(19(15)22)17-10-9-13(2)20-14(17)3/h6-8,13-14,17,20H,4-5,9-12H2,1-3H3. The van der Waals surface area contributed by atoms with E-state index in [9.17, 15) is 4.79 Å². The molecule has 0 bridgehead atoms. The molecule has 1 aromatic carbocycles. The zero-order chi connectivity index (χ0) is 16.4. The molecule has 2 aliphatic rings. The number of nitrogens with zero attached hydrogens (tertiary/aromatic N) is 1. The molecule has 0 aliphatic carbocycles. The molecule has 2 heterocycles. The maximum Gasteiger partial charge on any atom is 0.254 e. The minimum atomic E-state index is 0.161. The van der Waals surface area contributed by atoms with Gasteiger partial charge in [-0.1, -0.05) is 19.4 Å². The first-order chi connectivity index (χ1) is 11.1. The Morgan fingerprint density at radius 3 is 2.87 bits per heavy atom. The molecule has 3 atom stereocenters. The van der Waals surface area contributed by atoms with Crippen LogP contribution in [0.4, 0.5) is 0 Å². The normalized spacial score (nSPS) is 27.2. The first-order valence-corrected chi connectivity index (χ1v) is 8.93. The summed E-state index contributed by atoms with van der Waals surface area (Å²) in [5, 5.41) is 3.58. The Morgan fingerprint density at radius 2 is 2.13 bits per heavy atom. The Hall–Kier alpha value is -1.55. The zero-order valence-corrected chi connectivity index (χ0v) is 14.5. The van der Waals surface area contributed by atoms with Crippen LogP contribution in [-0.4, -0.2) is 35.5 Å². The third-order valence-corrected chi connectivity index (χ3v) is 5.13. The van der Waals surface area contributed by atoms with Crippen LogP contribution >= 0.6 is 0 Å². The Labute approximate surface area is 139 Å². The van der Waals surface area contributed by atoms with Crippen LogP contribution < -0.4 is 10.1 Å². The molecule has 1 amide bonds. The molecule has 0 spiro atoms. The molecule has 3 unspecified atom stereocenters. The van der Waals surface area contributed by atoms with E-state index in [-0.39, 0.29) is 11.9 Å². The lowest BCUT2D eigenvalue weighted by Gasteiger charge is -2.39. The van der Waals surface area contributed by atoms with E-state index in [1.807, 2.05) is 23.1 Å². The van der Waals surface area contributed by atoms with E-state index in [0.29, 0.717) is 18.6 Å². The number of carbonyl (C=O) groups excluding carboxylic acids is 1. The van der Waals surface area contributed by atoms with Crippen LogP contribution in [0.25, 0.3) is 0 Å². The van der Waals surface area contributed by atoms with Gasteiger partial charge in [-0.05, 0) is 45.2 Å². The van der Waals surface area contributed by atoms with Crippen molar-refractivity contribution in [2.24, 2.45) is 0 Å². The van der Waals surface area contributed by atoms with Crippen molar-refractivity contribution < 1.29 is 9.53 Å². The lowest BCUT2D eigenvalue weighted by Crippen LogP contribution is -2.54. The molecule has 126 valence electrons. The summed E-state index contributed by atoms with van der Waals surface area (Å²) < 4.78 is 5.92. The second-order valence-corrected chi connectivity index (χ2v) is 6.92. The molecule has 1 fully saturated rings. The van der Waals surface area contributed by atoms with E-state index in [2.05, 4.69) is 26.1 Å². The summed E-state index contributed by atoms with van der Waals surface area (Å²) in [4.78, 5) is 14.9. The zero-order valence-electron chi connectivity index (χ0n) is 14.5. The number of nitrogens with one attached hydrogen (secondary N) is 1. The van der Waals surface area contributed by atoms with Crippen LogP contribution in [0, 0.1) is 0 Å². The molecule has 0 radical (unpaired) electrons. The minimum absolute atomic E-state index is 0.161. The first kappa shape index (κ1) is 16.3. The van der Waals surface area contributed by atoms with Gasteiger partial charge in [0.15, 0.2) is 0 Å². The van der Waals surface area contributed by atoms with Crippen molar-refractivity contribution in [2.75, 3.05) is 6.61 Å². The molecule has 4 nitrogen and oxygen atoms in total. The Morgan fingerprint density at radius 1 is 1.30 bits per heavy atom. The molecule has 0 saturated carbocycles. The van der Waals surface area contributed by atoms with Gasteiger partial charge in [0.2, 0.25) is 0 Å². The largest absolute Gasteiger partial charge is 0.493 e. The van der Waals surface area contributed by atoms with Crippen LogP contribution in [0.5, 0.6) is 5.75 Å². The SMILES string of the molecule is CCCCOc1cccc2c1CN(C1CCC(C)NC1C)C2=O. The number of benzene rings is 1. The molecule has 0 aromatic heterocycles. The van der Waals surface area contributed by atoms with E-state index >= 15 is 0 Å². The van der Waals surface area contributed by atoms with E-state index in [1.165, 1.54) is 0 Å². The average molecular weight is 316 g/mol. The predicted octanol–water partition coefficient (Wildman–Crippen LogP) is 3.35. The molecule has 1 saturated heterocycles. The van der Waals surface area contributed by atoms with Gasteiger partial charge in [-0.2, -0.15) is 0 Å². The number of unbranched alkanes of at least 4 members (excludes halogenated alkanes) is 1. The van der Waals surface area contributed by atoms with Gasteiger partial charge in [0.1, 0.15) is 5.75 Å². The van der Waals surface area contributed by atoms with Crippen LogP contribution in [-0.2, 0) is 6.54 Å². The maximum atomic E-state index is 12.8. The third-order valence-electron chi connectivity index (χ3n) is 5.13. The molecule has 23 heavy (non-hydrogen) atoms. The van der Waals surface area contributed by atoms with E-state index < -0.39 is 0 Å². The summed E-state index contributed by atoms with van der Waals surface area (Å²) in [6.45, 7) is 7.96. The number of fused-ring (bicyclic) bond motifs is 1. The van der Waals surface area contributed by atoms with Crippen molar-refractivity contribution in [3.05, 3.63) is 29.3 Å². The van der Waals surface area contributed by atoms with Crippen molar-refractivity contribution in [3.63, 3.8) is 0 Å². The summed E-state index contributed by atoms with van der Waals surface area (Å²) in [7, 11) is 0. The van der Waals surface area contributed by atoms with Crippen LogP contribution in [0.3, 0.4) is 0 Å². The quantitative estimate of drug-likeness (QED) is 0.847. The van der Waals surface area contributed by atoms with Gasteiger partial charge in [-0.25, -0.2) is 0 Å². The molecule has 4 heteroatoms. The van der Waals surface area contributed by atoms with Crippen molar-refractivity contribution in [1.29, 1.82) is 0 Å². The Balaban J connectivity index is 1.77. The lowest BCUT2D eigenvalue weighted by atomic mass is 9.94. The summed E-state index contributed by atoms with van der Waals surface area (Å²) in [5.74, 6) is 1.05. The van der Waals surface area contributed by atoms with Gasteiger partial charge in [0.05, 0.1) is 13.2 Å². The van der Waals surface area contributed by atoms with Crippen molar-refractivity contribution in [3.8, 4) is 5.75 Å². The monoisotopic (exact) mass is 316 g/mol. The van der Waals surface area contributed by atoms with Crippen LogP contribution in [0.2, 0.25) is 0 Å². The highest BCUT2D eigenvalue weighted by molar-refractivity contribution is 5.99. The van der Waals surface area contributed by atoms with E-state index in [4.69, 9.17) is 4.74 Å². The number of ether oxygens (including phenoxy) is 1. The van der Waals surface area contributed by atoms with Crippen molar-refractivity contribution in [2.45, 2.75) is 71.1 Å². The number of piperidine rings is 1. The summed E-state index contributed by atoms with van der Waals surface area (Å²) in [6.07, 6.45) is 4.35. The summed E-state index contributed by atoms with van der Waals surface area (Å²) in [6, 6.07) is 7.01. The smallest absolute Gasteiger partial charge is 0.254 e. The van der Waals surface area contributed by atoms with Gasteiger partial charge in [0, 0.05) is 29.3 Å². The minimum Gasteiger partial charge on any atom is -0.493 e. The molecule has 1 aromatic rings. The van der Waals surface area contributed by atoms with Gasteiger partial charge in [0.25, 0.3) is 5.91 Å². The molecule has 3 rings (SSSR count). The van der Waals surface area contributed by atoms with Crippen LogP contribution in [0.1, 0.15) is 62.4 Å². The second kappa shape index (κ2) is 6.91. The van der Waals surface area contributed by atoms with Crippen molar-refractivity contribution >= 4 is 5.91 Å². The van der Waals surface area contributed by atoms with Gasteiger partial charge in [-0.3, -0.25) is 4.79 Å². The maximum absolute atomic E-state index is 12.8. The van der Waals surface area contributed by atoms with E-state index in [1.54, 1.807) is 0 Å². The highest BCUT2D eigenvalue weighted by atomic mass is 16.5. The second-order valence-electron chi connectivity index (χ2n) is 6.92. The van der Waals surface area contributed by atoms with Crippen LogP contribution in [0.15, 0.2) is 18.2 Å². The predicted molar refractivity (Wildman–Crippen MR) is 91.8 cm³/mol. The fourth-order valence-corrected chi connectivity index (χ4v) is 3.80. The van der Waals surface area contributed by atoms with Gasteiger partial charge < -0.3 is 15.0 Å². The number of amides is 1. The average Bonchev–Trinajstić information content (AvgIpc) is 2.86.